The highest BCUT2D eigenvalue weighted by molar-refractivity contribution is 5.67. The molecule has 0 unspecified atom stereocenters. The minimum Gasteiger partial charge on any atom is -0.449 e. The molecular formula is C22H35NO3. The molecular weight excluding hydrogens is 326 g/mol. The van der Waals surface area contributed by atoms with Crippen molar-refractivity contribution in [3.63, 3.8) is 0 Å². The molecule has 4 nitrogen and oxygen atoms in total. The molecule has 1 amide bonds. The van der Waals surface area contributed by atoms with Gasteiger partial charge in [-0.05, 0) is 38.5 Å². The zero-order valence-electron chi connectivity index (χ0n) is 16.8. The van der Waals surface area contributed by atoms with Crippen molar-refractivity contribution in [1.29, 1.82) is 0 Å². The summed E-state index contributed by atoms with van der Waals surface area (Å²) in [7, 11) is 0. The summed E-state index contributed by atoms with van der Waals surface area (Å²) in [6.45, 7) is 9.86. The van der Waals surface area contributed by atoms with Crippen molar-refractivity contribution in [3.05, 3.63) is 23.8 Å². The third-order valence-corrected chi connectivity index (χ3v) is 7.07. The van der Waals surface area contributed by atoms with E-state index in [1.165, 1.54) is 24.8 Å². The lowest BCUT2D eigenvalue weighted by atomic mass is 9.56. The standard InChI is InChI=1S/C22H35NO3/c1-5-9-19-20-15(2)12-16(3)22(13-25-19,17(20)4)14-26-21(24)23-18-10-7-6-8-11-18/h5,9,12,16-20H,6-8,10-11,13-14H2,1-4H3,(H,23,24)/b9-5+/t16-,17-,19+,20+,22-/m1/s1. The van der Waals surface area contributed by atoms with Crippen LogP contribution >= 0.6 is 0 Å². The first-order valence-electron chi connectivity index (χ1n) is 10.3. The van der Waals surface area contributed by atoms with Crippen molar-refractivity contribution in [2.45, 2.75) is 71.9 Å². The van der Waals surface area contributed by atoms with Crippen LogP contribution in [0, 0.1) is 23.2 Å². The van der Waals surface area contributed by atoms with Crippen LogP contribution in [0.5, 0.6) is 0 Å². The number of hydrogen-bond acceptors (Lipinski definition) is 3. The van der Waals surface area contributed by atoms with E-state index in [-0.39, 0.29) is 23.7 Å². The van der Waals surface area contributed by atoms with Crippen molar-refractivity contribution < 1.29 is 14.3 Å². The molecule has 3 rings (SSSR count). The first-order chi connectivity index (χ1) is 12.5. The van der Waals surface area contributed by atoms with Crippen LogP contribution in [0.1, 0.15) is 59.8 Å². The van der Waals surface area contributed by atoms with Gasteiger partial charge in [0, 0.05) is 17.4 Å². The summed E-state index contributed by atoms with van der Waals surface area (Å²) in [4.78, 5) is 12.4. The first-order valence-corrected chi connectivity index (χ1v) is 10.3. The van der Waals surface area contributed by atoms with Crippen molar-refractivity contribution >= 4 is 6.09 Å². The summed E-state index contributed by atoms with van der Waals surface area (Å²) in [6.07, 6.45) is 12.3. The molecule has 1 saturated heterocycles. The Hall–Kier alpha value is -1.29. The van der Waals surface area contributed by atoms with E-state index in [9.17, 15) is 4.79 Å². The van der Waals surface area contributed by atoms with E-state index in [0.29, 0.717) is 31.0 Å². The average Bonchev–Trinajstić information content (AvgIpc) is 2.61. The predicted molar refractivity (Wildman–Crippen MR) is 104 cm³/mol. The van der Waals surface area contributed by atoms with E-state index >= 15 is 0 Å². The second kappa shape index (κ2) is 8.16. The zero-order chi connectivity index (χ0) is 18.7. The molecule has 1 saturated carbocycles. The first kappa shape index (κ1) is 19.5. The maximum Gasteiger partial charge on any atom is 0.407 e. The number of nitrogens with one attached hydrogen (secondary N) is 1. The van der Waals surface area contributed by atoms with Crippen LogP contribution in [0.3, 0.4) is 0 Å². The van der Waals surface area contributed by atoms with Gasteiger partial charge in [0.2, 0.25) is 0 Å². The Kier molecular flexibility index (Phi) is 6.11. The predicted octanol–water partition coefficient (Wildman–Crippen LogP) is 4.85. The molecule has 0 aromatic rings. The molecule has 0 spiro atoms. The Morgan fingerprint density at radius 1 is 1.35 bits per heavy atom. The summed E-state index contributed by atoms with van der Waals surface area (Å²) >= 11 is 0. The summed E-state index contributed by atoms with van der Waals surface area (Å²) in [5.41, 5.74) is 1.27. The monoisotopic (exact) mass is 361 g/mol. The molecule has 5 atom stereocenters. The lowest BCUT2D eigenvalue weighted by Gasteiger charge is -2.54. The minimum atomic E-state index is -0.260. The molecule has 26 heavy (non-hydrogen) atoms. The lowest BCUT2D eigenvalue weighted by molar-refractivity contribution is -0.149. The summed E-state index contributed by atoms with van der Waals surface area (Å²) in [5, 5.41) is 3.07. The van der Waals surface area contributed by atoms with Crippen LogP contribution in [0.15, 0.2) is 23.8 Å². The number of amides is 1. The molecule has 2 bridgehead atoms. The van der Waals surface area contributed by atoms with Gasteiger partial charge in [0.25, 0.3) is 0 Å². The van der Waals surface area contributed by atoms with Crippen LogP contribution in [-0.4, -0.2) is 31.5 Å². The maximum absolute atomic E-state index is 12.4. The molecule has 1 N–H and O–H groups in total. The van der Waals surface area contributed by atoms with E-state index < -0.39 is 0 Å². The van der Waals surface area contributed by atoms with Gasteiger partial charge >= 0.3 is 6.09 Å². The van der Waals surface area contributed by atoms with Gasteiger partial charge in [-0.1, -0.05) is 56.9 Å². The molecule has 3 aliphatic rings. The zero-order valence-corrected chi connectivity index (χ0v) is 16.8. The van der Waals surface area contributed by atoms with Crippen molar-refractivity contribution in [3.8, 4) is 0 Å². The van der Waals surface area contributed by atoms with Gasteiger partial charge in [-0.2, -0.15) is 0 Å². The van der Waals surface area contributed by atoms with Gasteiger partial charge in [-0.3, -0.25) is 0 Å². The average molecular weight is 362 g/mol. The Bertz CT molecular complexity index is 564. The van der Waals surface area contributed by atoms with Gasteiger partial charge < -0.3 is 14.8 Å². The topological polar surface area (TPSA) is 47.6 Å². The number of carbonyl (C=O) groups is 1. The molecule has 4 heteroatoms. The Balaban J connectivity index is 1.66. The quantitative estimate of drug-likeness (QED) is 0.728. The maximum atomic E-state index is 12.4. The van der Waals surface area contributed by atoms with Gasteiger partial charge in [0.05, 0.1) is 12.7 Å². The smallest absolute Gasteiger partial charge is 0.407 e. The van der Waals surface area contributed by atoms with Gasteiger partial charge in [-0.25, -0.2) is 4.79 Å². The van der Waals surface area contributed by atoms with Crippen LogP contribution in [0.4, 0.5) is 4.79 Å². The molecule has 146 valence electrons. The summed E-state index contributed by atoms with van der Waals surface area (Å²) in [6, 6.07) is 0.284. The third-order valence-electron chi connectivity index (χ3n) is 7.07. The number of alkyl carbamates (subject to hydrolysis) is 1. The van der Waals surface area contributed by atoms with Crippen molar-refractivity contribution in [2.24, 2.45) is 23.2 Å². The van der Waals surface area contributed by atoms with E-state index in [1.54, 1.807) is 0 Å². The molecule has 1 heterocycles. The lowest BCUT2D eigenvalue weighted by Crippen LogP contribution is -2.56. The Morgan fingerprint density at radius 3 is 2.77 bits per heavy atom. The van der Waals surface area contributed by atoms with Gasteiger partial charge in [-0.15, -0.1) is 0 Å². The summed E-state index contributed by atoms with van der Waals surface area (Å²) in [5.74, 6) is 1.11. The van der Waals surface area contributed by atoms with Gasteiger partial charge in [0.15, 0.2) is 0 Å². The van der Waals surface area contributed by atoms with Crippen LogP contribution < -0.4 is 5.32 Å². The summed E-state index contributed by atoms with van der Waals surface area (Å²) < 4.78 is 12.0. The van der Waals surface area contributed by atoms with Gasteiger partial charge in [0.1, 0.15) is 6.61 Å². The van der Waals surface area contributed by atoms with E-state index in [4.69, 9.17) is 9.47 Å². The number of hydrogen-bond donors (Lipinski definition) is 1. The molecule has 1 aliphatic heterocycles. The van der Waals surface area contributed by atoms with E-state index in [2.05, 4.69) is 44.3 Å². The number of fused-ring (bicyclic) bond motifs is 2. The fraction of sp³-hybridized carbons (Fsp3) is 0.773. The molecule has 0 aromatic carbocycles. The number of ether oxygens (including phenoxy) is 2. The fourth-order valence-electron chi connectivity index (χ4n) is 5.32. The van der Waals surface area contributed by atoms with Crippen LogP contribution in [0.25, 0.3) is 0 Å². The Labute approximate surface area is 158 Å². The van der Waals surface area contributed by atoms with Crippen LogP contribution in [0.2, 0.25) is 0 Å². The second-order valence-corrected chi connectivity index (χ2v) is 8.60. The van der Waals surface area contributed by atoms with E-state index in [1.807, 2.05) is 6.92 Å². The SMILES string of the molecule is C/C=C/[C@@H]1OC[C@@]2(COC(=O)NC3CCCCC3)[C@H](C)C=C(C)[C@H]1[C@H]2C. The van der Waals surface area contributed by atoms with Crippen LogP contribution in [-0.2, 0) is 9.47 Å². The second-order valence-electron chi connectivity index (χ2n) is 8.60. The third kappa shape index (κ3) is 3.71. The Morgan fingerprint density at radius 2 is 2.08 bits per heavy atom. The number of rotatable bonds is 4. The highest BCUT2D eigenvalue weighted by Gasteiger charge is 2.53. The molecule has 0 radical (unpaired) electrons. The largest absolute Gasteiger partial charge is 0.449 e. The molecule has 2 aliphatic carbocycles. The highest BCUT2D eigenvalue weighted by Crippen LogP contribution is 2.52. The van der Waals surface area contributed by atoms with E-state index in [0.717, 1.165) is 12.8 Å². The fourth-order valence-corrected chi connectivity index (χ4v) is 5.32. The normalized spacial score (nSPS) is 38.1. The molecule has 2 fully saturated rings. The van der Waals surface area contributed by atoms with Crippen molar-refractivity contribution in [1.82, 2.24) is 5.32 Å². The molecule has 0 aromatic heterocycles. The number of allylic oxidation sites excluding steroid dienone is 2. The van der Waals surface area contributed by atoms with Crippen molar-refractivity contribution in [2.75, 3.05) is 13.2 Å². The minimum absolute atomic E-state index is 0.128. The number of carbonyl (C=O) groups excluding carboxylic acids is 1. The highest BCUT2D eigenvalue weighted by atomic mass is 16.6.